The second kappa shape index (κ2) is 9.52. The van der Waals surface area contributed by atoms with Crippen LogP contribution in [0.5, 0.6) is 11.5 Å². The van der Waals surface area contributed by atoms with Crippen LogP contribution in [0.1, 0.15) is 17.5 Å². The first-order chi connectivity index (χ1) is 17.3. The van der Waals surface area contributed by atoms with Crippen molar-refractivity contribution in [2.45, 2.75) is 12.6 Å². The highest BCUT2D eigenvalue weighted by molar-refractivity contribution is 6.03. The number of halogens is 4. The lowest BCUT2D eigenvalue weighted by atomic mass is 10.1. The van der Waals surface area contributed by atoms with E-state index < -0.39 is 23.6 Å². The highest BCUT2D eigenvalue weighted by atomic mass is 19.4. The molecule has 36 heavy (non-hydrogen) atoms. The Bertz CT molecular complexity index is 1330. The van der Waals surface area contributed by atoms with E-state index in [0.717, 1.165) is 12.1 Å². The van der Waals surface area contributed by atoms with Crippen LogP contribution in [0.15, 0.2) is 71.7 Å². The van der Waals surface area contributed by atoms with Crippen LogP contribution in [-0.4, -0.2) is 47.8 Å². The number of ether oxygens (including phenoxy) is 1. The van der Waals surface area contributed by atoms with Crippen LogP contribution in [0.4, 0.5) is 33.7 Å². The van der Waals surface area contributed by atoms with Gasteiger partial charge in [0.2, 0.25) is 0 Å². The molecule has 0 unspecified atom stereocenters. The molecule has 10 heteroatoms. The van der Waals surface area contributed by atoms with Gasteiger partial charge in [-0.2, -0.15) is 13.2 Å². The van der Waals surface area contributed by atoms with Crippen molar-refractivity contribution in [2.24, 2.45) is 4.99 Å². The summed E-state index contributed by atoms with van der Waals surface area (Å²) < 4.78 is 59.7. The van der Waals surface area contributed by atoms with E-state index in [1.165, 1.54) is 18.2 Å². The van der Waals surface area contributed by atoms with E-state index in [-0.39, 0.29) is 17.1 Å². The number of alkyl halides is 3. The van der Waals surface area contributed by atoms with Gasteiger partial charge in [-0.25, -0.2) is 14.2 Å². The lowest BCUT2D eigenvalue weighted by Crippen LogP contribution is -2.39. The lowest BCUT2D eigenvalue weighted by Gasteiger charge is -2.25. The number of carbonyl (C=O) groups is 1. The maximum Gasteiger partial charge on any atom is 0.416 e. The summed E-state index contributed by atoms with van der Waals surface area (Å²) in [6.45, 7) is 1.79. The number of anilines is 1. The summed E-state index contributed by atoms with van der Waals surface area (Å²) >= 11 is 0. The molecule has 1 fully saturated rings. The smallest absolute Gasteiger partial charge is 0.416 e. The van der Waals surface area contributed by atoms with Crippen molar-refractivity contribution in [1.29, 1.82) is 0 Å². The molecular formula is C26H22F4N4O2. The van der Waals surface area contributed by atoms with Crippen molar-refractivity contribution in [3.63, 3.8) is 0 Å². The first kappa shape index (κ1) is 23.7. The molecule has 0 aromatic heterocycles. The Kier molecular flexibility index (Phi) is 6.26. The van der Waals surface area contributed by atoms with Crippen molar-refractivity contribution in [3.8, 4) is 11.5 Å². The first-order valence-electron chi connectivity index (χ1n) is 11.4. The molecule has 6 nitrogen and oxygen atoms in total. The minimum absolute atomic E-state index is 0.0213. The van der Waals surface area contributed by atoms with Crippen molar-refractivity contribution in [2.75, 3.05) is 31.5 Å². The van der Waals surface area contributed by atoms with Gasteiger partial charge in [-0.15, -0.1) is 0 Å². The van der Waals surface area contributed by atoms with Gasteiger partial charge in [0.05, 0.1) is 16.8 Å². The van der Waals surface area contributed by atoms with Gasteiger partial charge in [-0.3, -0.25) is 0 Å². The summed E-state index contributed by atoms with van der Waals surface area (Å²) in [7, 11) is 0. The van der Waals surface area contributed by atoms with Gasteiger partial charge in [0.1, 0.15) is 23.1 Å². The molecule has 0 saturated carbocycles. The highest BCUT2D eigenvalue weighted by Crippen LogP contribution is 2.41. The predicted molar refractivity (Wildman–Crippen MR) is 127 cm³/mol. The van der Waals surface area contributed by atoms with Crippen LogP contribution in [0, 0.1) is 5.82 Å². The number of fused-ring (bicyclic) bond motifs is 2. The Morgan fingerprint density at radius 2 is 1.69 bits per heavy atom. The van der Waals surface area contributed by atoms with Gasteiger partial charge in [-0.1, -0.05) is 24.3 Å². The van der Waals surface area contributed by atoms with Crippen LogP contribution >= 0.6 is 0 Å². The minimum Gasteiger partial charge on any atom is -0.454 e. The van der Waals surface area contributed by atoms with E-state index in [4.69, 9.17) is 9.73 Å². The molecule has 0 aliphatic carbocycles. The van der Waals surface area contributed by atoms with Gasteiger partial charge < -0.3 is 19.9 Å². The van der Waals surface area contributed by atoms with E-state index in [1.807, 2.05) is 4.90 Å². The molecule has 3 aromatic carbocycles. The number of urea groups is 1. The molecular weight excluding hydrogens is 476 g/mol. The summed E-state index contributed by atoms with van der Waals surface area (Å²) in [4.78, 5) is 21.1. The fraction of sp³-hybridized carbons (Fsp3) is 0.231. The number of carbonyl (C=O) groups excluding carboxylic acids is 1. The number of nitrogens with one attached hydrogen (secondary N) is 1. The summed E-state index contributed by atoms with van der Waals surface area (Å²) in [6, 6.07) is 15.8. The zero-order valence-corrected chi connectivity index (χ0v) is 19.1. The monoisotopic (exact) mass is 498 g/mol. The number of hydrogen-bond donors (Lipinski definition) is 1. The van der Waals surface area contributed by atoms with Gasteiger partial charge in [-0.05, 0) is 48.9 Å². The second-order valence-electron chi connectivity index (χ2n) is 8.45. The average molecular weight is 498 g/mol. The first-order valence-corrected chi connectivity index (χ1v) is 11.4. The van der Waals surface area contributed by atoms with Gasteiger partial charge in [0.15, 0.2) is 5.75 Å². The second-order valence-corrected chi connectivity index (χ2v) is 8.45. The third kappa shape index (κ3) is 4.84. The fourth-order valence-electron chi connectivity index (χ4n) is 4.23. The molecule has 186 valence electrons. The Morgan fingerprint density at radius 1 is 0.917 bits per heavy atom. The number of amides is 2. The van der Waals surface area contributed by atoms with Crippen LogP contribution < -0.4 is 10.1 Å². The quantitative estimate of drug-likeness (QED) is 0.403. The zero-order valence-electron chi connectivity index (χ0n) is 19.1. The maximum atomic E-state index is 14.0. The number of amidine groups is 1. The van der Waals surface area contributed by atoms with Crippen molar-refractivity contribution in [3.05, 3.63) is 83.7 Å². The number of hydrogen-bond acceptors (Lipinski definition) is 4. The summed E-state index contributed by atoms with van der Waals surface area (Å²) in [5.41, 5.74) is 0.223. The largest absolute Gasteiger partial charge is 0.454 e. The van der Waals surface area contributed by atoms with E-state index in [1.54, 1.807) is 41.3 Å². The molecule has 0 spiro atoms. The fourth-order valence-corrected chi connectivity index (χ4v) is 4.23. The van der Waals surface area contributed by atoms with E-state index in [2.05, 4.69) is 5.32 Å². The number of benzene rings is 3. The number of nitrogens with zero attached hydrogens (tertiary/aromatic N) is 3. The molecule has 1 N–H and O–H groups in total. The Balaban J connectivity index is 1.40. The van der Waals surface area contributed by atoms with E-state index in [9.17, 15) is 22.4 Å². The molecule has 2 aliphatic rings. The van der Waals surface area contributed by atoms with Gasteiger partial charge in [0.25, 0.3) is 0 Å². The Hall–Kier alpha value is -4.08. The summed E-state index contributed by atoms with van der Waals surface area (Å²) in [5.74, 6) is 0.459. The SMILES string of the molecule is O=C(Nc1ccccc1F)N1CCCN(C2=Nc3ccc(C(F)(F)F)cc3Oc3ccccc32)CC1. The molecule has 1 saturated heterocycles. The zero-order chi connectivity index (χ0) is 25.3. The van der Waals surface area contributed by atoms with E-state index in [0.29, 0.717) is 49.7 Å². The van der Waals surface area contributed by atoms with Crippen LogP contribution in [0.2, 0.25) is 0 Å². The van der Waals surface area contributed by atoms with Crippen LogP contribution in [-0.2, 0) is 6.18 Å². The standard InChI is InChI=1S/C26H22F4N4O2/c27-19-7-2-3-8-20(19)32-25(35)34-13-5-12-33(14-15-34)24-18-6-1-4-9-22(18)36-23-16-17(26(28,29)30)10-11-21(23)31-24/h1-4,6-11,16H,5,12-15H2,(H,32,35). The van der Waals surface area contributed by atoms with Crippen molar-refractivity contribution < 1.29 is 27.1 Å². The Morgan fingerprint density at radius 3 is 2.50 bits per heavy atom. The van der Waals surface area contributed by atoms with Gasteiger partial charge >= 0.3 is 12.2 Å². The average Bonchev–Trinajstić information content (AvgIpc) is 3.19. The lowest BCUT2D eigenvalue weighted by molar-refractivity contribution is -0.137. The number of aliphatic imine (C=N–C) groups is 1. The topological polar surface area (TPSA) is 57.2 Å². The normalized spacial score (nSPS) is 15.6. The molecule has 0 atom stereocenters. The van der Waals surface area contributed by atoms with Crippen LogP contribution in [0.25, 0.3) is 0 Å². The van der Waals surface area contributed by atoms with Crippen LogP contribution in [0.3, 0.4) is 0 Å². The molecule has 3 aromatic rings. The molecule has 0 radical (unpaired) electrons. The molecule has 2 amide bonds. The predicted octanol–water partition coefficient (Wildman–Crippen LogP) is 6.27. The summed E-state index contributed by atoms with van der Waals surface area (Å²) in [5, 5.41) is 2.61. The number of rotatable bonds is 1. The highest BCUT2D eigenvalue weighted by Gasteiger charge is 2.33. The van der Waals surface area contributed by atoms with Crippen molar-refractivity contribution in [1.82, 2.24) is 9.80 Å². The summed E-state index contributed by atoms with van der Waals surface area (Å²) in [6.07, 6.45) is -3.89. The molecule has 2 aliphatic heterocycles. The Labute approximate surface area is 204 Å². The van der Waals surface area contributed by atoms with Gasteiger partial charge in [0, 0.05) is 26.2 Å². The third-order valence-electron chi connectivity index (χ3n) is 6.06. The molecule has 2 heterocycles. The molecule has 5 rings (SSSR count). The molecule has 0 bridgehead atoms. The minimum atomic E-state index is -4.51. The maximum absolute atomic E-state index is 14.0. The third-order valence-corrected chi connectivity index (χ3v) is 6.06. The van der Waals surface area contributed by atoms with Crippen molar-refractivity contribution >= 4 is 23.2 Å². The number of para-hydroxylation sites is 2. The van der Waals surface area contributed by atoms with E-state index >= 15 is 0 Å².